The van der Waals surface area contributed by atoms with Crippen molar-refractivity contribution in [3.8, 4) is 11.4 Å². The number of anilines is 1. The Morgan fingerprint density at radius 2 is 1.71 bits per heavy atom. The highest BCUT2D eigenvalue weighted by Gasteiger charge is 2.43. The Morgan fingerprint density at radius 3 is 2.37 bits per heavy atom. The molecule has 0 radical (unpaired) electrons. The number of ether oxygens (including phenoxy) is 1. The molecule has 2 aromatic carbocycles. The van der Waals surface area contributed by atoms with Gasteiger partial charge in [0.1, 0.15) is 5.75 Å². The number of pyridine rings is 1. The van der Waals surface area contributed by atoms with Gasteiger partial charge in [0.2, 0.25) is 0 Å². The van der Waals surface area contributed by atoms with Crippen molar-refractivity contribution in [3.63, 3.8) is 0 Å². The first-order valence-electron chi connectivity index (χ1n) is 11.5. The summed E-state index contributed by atoms with van der Waals surface area (Å²) in [6.07, 6.45) is 1.83. The predicted molar refractivity (Wildman–Crippen MR) is 146 cm³/mol. The summed E-state index contributed by atoms with van der Waals surface area (Å²) in [5.41, 5.74) is 7.76. The van der Waals surface area contributed by atoms with E-state index < -0.39 is 0 Å². The van der Waals surface area contributed by atoms with E-state index in [4.69, 9.17) is 33.5 Å². The summed E-state index contributed by atoms with van der Waals surface area (Å²) in [5, 5.41) is 4.94. The van der Waals surface area contributed by atoms with Gasteiger partial charge in [-0.3, -0.25) is 4.98 Å². The Kier molecular flexibility index (Phi) is 6.26. The van der Waals surface area contributed by atoms with Gasteiger partial charge in [0.25, 0.3) is 0 Å². The molecule has 1 fully saturated rings. The molecule has 7 heteroatoms. The van der Waals surface area contributed by atoms with Crippen molar-refractivity contribution in [2.24, 2.45) is 0 Å². The minimum absolute atomic E-state index is 0.0927. The van der Waals surface area contributed by atoms with Crippen molar-refractivity contribution in [2.45, 2.75) is 32.9 Å². The molecule has 5 nitrogen and oxygen atoms in total. The molecule has 0 bridgehead atoms. The van der Waals surface area contributed by atoms with E-state index in [-0.39, 0.29) is 12.1 Å². The number of benzene rings is 2. The van der Waals surface area contributed by atoms with Crippen molar-refractivity contribution in [3.05, 3.63) is 106 Å². The summed E-state index contributed by atoms with van der Waals surface area (Å²) >= 11 is 12.3. The van der Waals surface area contributed by atoms with E-state index in [1.54, 1.807) is 7.11 Å². The predicted octanol–water partition coefficient (Wildman–Crippen LogP) is 6.64. The zero-order chi connectivity index (χ0) is 24.7. The monoisotopic (exact) mass is 502 g/mol. The van der Waals surface area contributed by atoms with Gasteiger partial charge in [0.15, 0.2) is 5.11 Å². The van der Waals surface area contributed by atoms with E-state index in [1.807, 2.05) is 60.8 Å². The van der Waals surface area contributed by atoms with Gasteiger partial charge in [0.05, 0.1) is 24.9 Å². The number of nitrogens with zero attached hydrogens (tertiary/aromatic N) is 3. The molecule has 1 aliphatic rings. The van der Waals surface area contributed by atoms with E-state index in [2.05, 4.69) is 47.7 Å². The lowest BCUT2D eigenvalue weighted by Crippen LogP contribution is -2.29. The third-order valence-corrected chi connectivity index (χ3v) is 7.37. The van der Waals surface area contributed by atoms with Gasteiger partial charge in [-0.1, -0.05) is 23.7 Å². The fraction of sp³-hybridized carbons (Fsp3) is 0.214. The van der Waals surface area contributed by atoms with Gasteiger partial charge >= 0.3 is 0 Å². The van der Waals surface area contributed by atoms with E-state index in [0.29, 0.717) is 10.1 Å². The first-order valence-corrected chi connectivity index (χ1v) is 12.3. The van der Waals surface area contributed by atoms with Crippen molar-refractivity contribution in [2.75, 3.05) is 12.0 Å². The van der Waals surface area contributed by atoms with Crippen LogP contribution in [0.5, 0.6) is 5.75 Å². The Morgan fingerprint density at radius 1 is 0.943 bits per heavy atom. The van der Waals surface area contributed by atoms with Crippen molar-refractivity contribution < 1.29 is 4.74 Å². The second-order valence-corrected chi connectivity index (χ2v) is 9.54. The SMILES string of the molecule is COc1ccc(N2C(=S)NC(c3ccccn3)C2c2c(C)c(C)n(-c3cccc(Cl)c3)c2C)cc1. The molecule has 2 unspecified atom stereocenters. The molecule has 1 aliphatic heterocycles. The van der Waals surface area contributed by atoms with Crippen molar-refractivity contribution in [1.82, 2.24) is 14.9 Å². The molecule has 4 aromatic rings. The zero-order valence-corrected chi connectivity index (χ0v) is 21.7. The molecule has 2 atom stereocenters. The largest absolute Gasteiger partial charge is 0.497 e. The summed E-state index contributed by atoms with van der Waals surface area (Å²) < 4.78 is 7.66. The van der Waals surface area contributed by atoms with Gasteiger partial charge in [-0.05, 0) is 93.1 Å². The van der Waals surface area contributed by atoms with E-state index in [9.17, 15) is 0 Å². The van der Waals surface area contributed by atoms with E-state index in [1.165, 1.54) is 16.8 Å². The standard InChI is InChI=1S/C28H27ClN4OS/c1-17-18(2)32(22-9-7-8-20(29)16-22)19(3)25(17)27-26(24-10-5-6-15-30-24)31-28(35)33(27)21-11-13-23(34-4)14-12-21/h5-16,26-27H,1-4H3,(H,31,35). The van der Waals surface area contributed by atoms with Gasteiger partial charge in [0, 0.05) is 39.5 Å². The Labute approximate surface area is 216 Å². The lowest BCUT2D eigenvalue weighted by atomic mass is 9.93. The number of rotatable bonds is 5. The molecule has 0 amide bonds. The maximum atomic E-state index is 6.36. The molecule has 3 heterocycles. The quantitative estimate of drug-likeness (QED) is 0.310. The topological polar surface area (TPSA) is 42.3 Å². The maximum absolute atomic E-state index is 6.36. The number of thiocarbonyl (C=S) groups is 1. The summed E-state index contributed by atoms with van der Waals surface area (Å²) in [6, 6.07) is 21.8. The normalized spacial score (nSPS) is 17.5. The van der Waals surface area contributed by atoms with Crippen molar-refractivity contribution in [1.29, 1.82) is 0 Å². The average Bonchev–Trinajstić information content (AvgIpc) is 3.31. The molecule has 178 valence electrons. The van der Waals surface area contributed by atoms with Crippen LogP contribution in [0.3, 0.4) is 0 Å². The number of aromatic nitrogens is 2. The van der Waals surface area contributed by atoms with Crippen LogP contribution in [0, 0.1) is 20.8 Å². The first-order chi connectivity index (χ1) is 16.9. The first kappa shape index (κ1) is 23.4. The summed E-state index contributed by atoms with van der Waals surface area (Å²) in [7, 11) is 1.67. The van der Waals surface area contributed by atoms with Gasteiger partial charge in [-0.15, -0.1) is 0 Å². The Bertz CT molecular complexity index is 1380. The van der Waals surface area contributed by atoms with Crippen LogP contribution >= 0.6 is 23.8 Å². The smallest absolute Gasteiger partial charge is 0.174 e. The Hall–Kier alpha value is -3.35. The molecular formula is C28H27ClN4OS. The van der Waals surface area contributed by atoms with Gasteiger partial charge in [-0.2, -0.15) is 0 Å². The molecule has 5 rings (SSSR count). The highest BCUT2D eigenvalue weighted by molar-refractivity contribution is 7.80. The highest BCUT2D eigenvalue weighted by Crippen LogP contribution is 2.45. The second-order valence-electron chi connectivity index (χ2n) is 8.72. The third kappa shape index (κ3) is 4.07. The van der Waals surface area contributed by atoms with Crippen LogP contribution in [0.15, 0.2) is 72.9 Å². The zero-order valence-electron chi connectivity index (χ0n) is 20.1. The van der Waals surface area contributed by atoms with E-state index in [0.717, 1.165) is 28.5 Å². The molecule has 1 N–H and O–H groups in total. The highest BCUT2D eigenvalue weighted by atomic mass is 35.5. The summed E-state index contributed by atoms with van der Waals surface area (Å²) in [4.78, 5) is 6.89. The lowest BCUT2D eigenvalue weighted by molar-refractivity contribution is 0.415. The maximum Gasteiger partial charge on any atom is 0.174 e. The van der Waals surface area contributed by atoms with Crippen LogP contribution in [0.25, 0.3) is 5.69 Å². The lowest BCUT2D eigenvalue weighted by Gasteiger charge is -2.29. The van der Waals surface area contributed by atoms with Crippen LogP contribution in [-0.2, 0) is 0 Å². The second kappa shape index (κ2) is 9.36. The number of halogens is 1. The number of nitrogens with one attached hydrogen (secondary N) is 1. The number of hydrogen-bond donors (Lipinski definition) is 1. The molecule has 1 saturated heterocycles. The van der Waals surface area contributed by atoms with Crippen LogP contribution in [0.4, 0.5) is 5.69 Å². The molecule has 0 spiro atoms. The molecule has 0 aliphatic carbocycles. The number of hydrogen-bond acceptors (Lipinski definition) is 3. The molecule has 2 aromatic heterocycles. The fourth-order valence-electron chi connectivity index (χ4n) is 5.11. The van der Waals surface area contributed by atoms with Gasteiger partial charge in [-0.25, -0.2) is 0 Å². The van der Waals surface area contributed by atoms with Crippen LogP contribution < -0.4 is 15.0 Å². The average molecular weight is 503 g/mol. The van der Waals surface area contributed by atoms with Gasteiger partial charge < -0.3 is 19.5 Å². The minimum atomic E-state index is -0.113. The Balaban J connectivity index is 1.71. The molecule has 35 heavy (non-hydrogen) atoms. The van der Waals surface area contributed by atoms with Crippen LogP contribution in [0.2, 0.25) is 5.02 Å². The van der Waals surface area contributed by atoms with Crippen molar-refractivity contribution >= 4 is 34.6 Å². The van der Waals surface area contributed by atoms with E-state index >= 15 is 0 Å². The minimum Gasteiger partial charge on any atom is -0.497 e. The summed E-state index contributed by atoms with van der Waals surface area (Å²) in [6.45, 7) is 6.50. The molecule has 0 saturated carbocycles. The summed E-state index contributed by atoms with van der Waals surface area (Å²) in [5.74, 6) is 0.806. The van der Waals surface area contributed by atoms with Crippen LogP contribution in [0.1, 0.15) is 40.3 Å². The van der Waals surface area contributed by atoms with Crippen LogP contribution in [-0.4, -0.2) is 21.8 Å². The molecular weight excluding hydrogens is 476 g/mol. The third-order valence-electron chi connectivity index (χ3n) is 6.82. The fourth-order valence-corrected chi connectivity index (χ4v) is 5.64. The number of methoxy groups -OCH3 is 1.